The summed E-state index contributed by atoms with van der Waals surface area (Å²) in [6, 6.07) is 10.9. The predicted octanol–water partition coefficient (Wildman–Crippen LogP) is 5.08. The van der Waals surface area contributed by atoms with Gasteiger partial charge in [-0.15, -0.1) is 0 Å². The van der Waals surface area contributed by atoms with E-state index in [4.69, 9.17) is 4.74 Å². The van der Waals surface area contributed by atoms with E-state index >= 15 is 0 Å². The molecule has 1 fully saturated rings. The molecule has 2 heteroatoms. The van der Waals surface area contributed by atoms with Gasteiger partial charge in [-0.25, -0.2) is 0 Å². The van der Waals surface area contributed by atoms with E-state index in [9.17, 15) is 4.79 Å². The van der Waals surface area contributed by atoms with Crippen LogP contribution in [0.1, 0.15) is 69.8 Å². The summed E-state index contributed by atoms with van der Waals surface area (Å²) < 4.78 is 4.96. The monoisotopic (exact) mass is 288 g/mol. The average Bonchev–Trinajstić information content (AvgIpc) is 2.53. The maximum Gasteiger partial charge on any atom is 0.305 e. The Kier molecular flexibility index (Phi) is 6.78. The number of hydrogen-bond donors (Lipinski definition) is 0. The molecule has 1 saturated carbocycles. The molecule has 0 radical (unpaired) electrons. The molecule has 0 saturated heterocycles. The second-order valence-electron chi connectivity index (χ2n) is 6.18. The molecule has 0 spiro atoms. The molecule has 0 bridgehead atoms. The maximum absolute atomic E-state index is 11.3. The van der Waals surface area contributed by atoms with Gasteiger partial charge >= 0.3 is 5.97 Å². The second kappa shape index (κ2) is 8.86. The first-order chi connectivity index (χ1) is 10.3. The molecular weight excluding hydrogens is 260 g/mol. The molecule has 0 atom stereocenters. The number of ether oxygens (including phenoxy) is 1. The number of carbonyl (C=O) groups excluding carboxylic acids is 1. The Balaban J connectivity index is 1.60. The van der Waals surface area contributed by atoms with Crippen molar-refractivity contribution < 1.29 is 9.53 Å². The standard InChI is InChI=1S/C19H28O2/c1-2-21-19(20)11-7-6-8-16-12-14-18(15-13-16)17-9-4-3-5-10-17/h3-5,9-10,16,18H,2,6-8,11-15H2,1H3. The minimum Gasteiger partial charge on any atom is -0.466 e. The van der Waals surface area contributed by atoms with Gasteiger partial charge in [0.15, 0.2) is 0 Å². The minimum absolute atomic E-state index is 0.0368. The zero-order valence-electron chi connectivity index (χ0n) is 13.2. The van der Waals surface area contributed by atoms with Crippen LogP contribution < -0.4 is 0 Å². The maximum atomic E-state index is 11.3. The fraction of sp³-hybridized carbons (Fsp3) is 0.632. The smallest absolute Gasteiger partial charge is 0.305 e. The van der Waals surface area contributed by atoms with Gasteiger partial charge in [-0.05, 0) is 56.4 Å². The van der Waals surface area contributed by atoms with Gasteiger partial charge in [0.05, 0.1) is 6.61 Å². The average molecular weight is 288 g/mol. The van der Waals surface area contributed by atoms with Gasteiger partial charge in [-0.3, -0.25) is 4.79 Å². The molecule has 2 rings (SSSR count). The van der Waals surface area contributed by atoms with Crippen LogP contribution in [-0.2, 0) is 9.53 Å². The number of benzene rings is 1. The van der Waals surface area contributed by atoms with Crippen molar-refractivity contribution in [2.75, 3.05) is 6.61 Å². The molecule has 0 heterocycles. The number of carbonyl (C=O) groups is 1. The largest absolute Gasteiger partial charge is 0.466 e. The molecule has 1 aliphatic rings. The molecular formula is C19H28O2. The summed E-state index contributed by atoms with van der Waals surface area (Å²) in [7, 11) is 0. The lowest BCUT2D eigenvalue weighted by molar-refractivity contribution is -0.143. The molecule has 0 N–H and O–H groups in total. The van der Waals surface area contributed by atoms with Gasteiger partial charge < -0.3 is 4.74 Å². The van der Waals surface area contributed by atoms with Crippen LogP contribution in [0.15, 0.2) is 30.3 Å². The highest BCUT2D eigenvalue weighted by molar-refractivity contribution is 5.69. The van der Waals surface area contributed by atoms with E-state index in [1.807, 2.05) is 6.92 Å². The van der Waals surface area contributed by atoms with Crippen LogP contribution in [0.2, 0.25) is 0 Å². The summed E-state index contributed by atoms with van der Waals surface area (Å²) in [5.41, 5.74) is 1.51. The van der Waals surface area contributed by atoms with Crippen LogP contribution in [0.25, 0.3) is 0 Å². The summed E-state index contributed by atoms with van der Waals surface area (Å²) in [4.78, 5) is 11.3. The lowest BCUT2D eigenvalue weighted by Gasteiger charge is -2.28. The molecule has 1 aromatic carbocycles. The molecule has 116 valence electrons. The quantitative estimate of drug-likeness (QED) is 0.516. The SMILES string of the molecule is CCOC(=O)CCCCC1CCC(c2ccccc2)CC1. The van der Waals surface area contributed by atoms with Crippen molar-refractivity contribution >= 4 is 5.97 Å². The van der Waals surface area contributed by atoms with Crippen molar-refractivity contribution in [3.63, 3.8) is 0 Å². The Labute approximate surface area is 128 Å². The Morgan fingerprint density at radius 3 is 2.48 bits per heavy atom. The van der Waals surface area contributed by atoms with Crippen molar-refractivity contribution in [1.29, 1.82) is 0 Å². The summed E-state index contributed by atoms with van der Waals surface area (Å²) in [6.45, 7) is 2.37. The van der Waals surface area contributed by atoms with Gasteiger partial charge in [0.2, 0.25) is 0 Å². The topological polar surface area (TPSA) is 26.3 Å². The first-order valence-corrected chi connectivity index (χ1v) is 8.50. The number of esters is 1. The Morgan fingerprint density at radius 2 is 1.81 bits per heavy atom. The Bertz CT molecular complexity index is 405. The summed E-state index contributed by atoms with van der Waals surface area (Å²) in [6.07, 6.45) is 9.36. The van der Waals surface area contributed by atoms with E-state index in [2.05, 4.69) is 30.3 Å². The number of rotatable bonds is 7. The van der Waals surface area contributed by atoms with Crippen LogP contribution in [0.3, 0.4) is 0 Å². The highest BCUT2D eigenvalue weighted by Crippen LogP contribution is 2.37. The fourth-order valence-corrected chi connectivity index (χ4v) is 3.45. The summed E-state index contributed by atoms with van der Waals surface area (Å²) >= 11 is 0. The molecule has 0 aliphatic heterocycles. The van der Waals surface area contributed by atoms with Crippen LogP contribution >= 0.6 is 0 Å². The number of unbranched alkanes of at least 4 members (excludes halogenated alkanes) is 1. The predicted molar refractivity (Wildman–Crippen MR) is 86.2 cm³/mol. The lowest BCUT2D eigenvalue weighted by Crippen LogP contribution is -2.13. The van der Waals surface area contributed by atoms with Crippen molar-refractivity contribution in [2.24, 2.45) is 5.92 Å². The van der Waals surface area contributed by atoms with Gasteiger partial charge in [0.1, 0.15) is 0 Å². The van der Waals surface area contributed by atoms with Gasteiger partial charge in [0, 0.05) is 6.42 Å². The van der Waals surface area contributed by atoms with E-state index in [1.54, 1.807) is 0 Å². The first-order valence-electron chi connectivity index (χ1n) is 8.50. The third-order valence-corrected chi connectivity index (χ3v) is 4.67. The van der Waals surface area contributed by atoms with Gasteiger partial charge in [0.25, 0.3) is 0 Å². The van der Waals surface area contributed by atoms with E-state index in [0.717, 1.165) is 18.3 Å². The lowest BCUT2D eigenvalue weighted by atomic mass is 9.77. The Morgan fingerprint density at radius 1 is 1.10 bits per heavy atom. The summed E-state index contributed by atoms with van der Waals surface area (Å²) in [5, 5.41) is 0. The first kappa shape index (κ1) is 16.1. The van der Waals surface area contributed by atoms with E-state index in [0.29, 0.717) is 13.0 Å². The van der Waals surface area contributed by atoms with Crippen LogP contribution in [0.5, 0.6) is 0 Å². The molecule has 1 aliphatic carbocycles. The highest BCUT2D eigenvalue weighted by atomic mass is 16.5. The normalized spacial score (nSPS) is 22.0. The molecule has 21 heavy (non-hydrogen) atoms. The van der Waals surface area contributed by atoms with Crippen LogP contribution in [0.4, 0.5) is 0 Å². The molecule has 2 nitrogen and oxygen atoms in total. The zero-order chi connectivity index (χ0) is 14.9. The molecule has 1 aromatic rings. The zero-order valence-corrected chi connectivity index (χ0v) is 13.2. The molecule has 0 aromatic heterocycles. The highest BCUT2D eigenvalue weighted by Gasteiger charge is 2.21. The van der Waals surface area contributed by atoms with E-state index in [1.165, 1.54) is 44.1 Å². The second-order valence-corrected chi connectivity index (χ2v) is 6.18. The third-order valence-electron chi connectivity index (χ3n) is 4.67. The minimum atomic E-state index is -0.0368. The number of hydrogen-bond acceptors (Lipinski definition) is 2. The van der Waals surface area contributed by atoms with Crippen molar-refractivity contribution in [2.45, 2.75) is 64.2 Å². The molecule has 0 unspecified atom stereocenters. The molecule has 0 amide bonds. The van der Waals surface area contributed by atoms with Crippen molar-refractivity contribution in [3.05, 3.63) is 35.9 Å². The van der Waals surface area contributed by atoms with E-state index < -0.39 is 0 Å². The third kappa shape index (κ3) is 5.53. The van der Waals surface area contributed by atoms with Gasteiger partial charge in [-0.2, -0.15) is 0 Å². The van der Waals surface area contributed by atoms with Crippen LogP contribution in [0, 0.1) is 5.92 Å². The van der Waals surface area contributed by atoms with E-state index in [-0.39, 0.29) is 5.97 Å². The summed E-state index contributed by atoms with van der Waals surface area (Å²) in [5.74, 6) is 1.60. The van der Waals surface area contributed by atoms with Crippen molar-refractivity contribution in [3.8, 4) is 0 Å². The van der Waals surface area contributed by atoms with Gasteiger partial charge in [-0.1, -0.05) is 43.2 Å². The van der Waals surface area contributed by atoms with Crippen molar-refractivity contribution in [1.82, 2.24) is 0 Å². The van der Waals surface area contributed by atoms with Crippen LogP contribution in [-0.4, -0.2) is 12.6 Å². The Hall–Kier alpha value is -1.31. The fourth-order valence-electron chi connectivity index (χ4n) is 3.45.